The van der Waals surface area contributed by atoms with Gasteiger partial charge >= 0.3 is 6.09 Å². The topological polar surface area (TPSA) is 156 Å². The molecule has 3 heterocycles. The Bertz CT molecular complexity index is 2000. The van der Waals surface area contributed by atoms with Gasteiger partial charge in [-0.1, -0.05) is 43.0 Å². The number of nitrogens with zero attached hydrogens (tertiary/aromatic N) is 3. The molecule has 3 aromatic carbocycles. The molecule has 0 radical (unpaired) electrons. The average Bonchev–Trinajstić information content (AvgIpc) is 3.89. The summed E-state index contributed by atoms with van der Waals surface area (Å²) in [5.74, 6) is 0.536. The van der Waals surface area contributed by atoms with E-state index in [0.717, 1.165) is 29.7 Å². The van der Waals surface area contributed by atoms with Crippen LogP contribution in [0.15, 0.2) is 67.3 Å². The number of anilines is 2. The van der Waals surface area contributed by atoms with Gasteiger partial charge in [-0.2, -0.15) is 0 Å². The Morgan fingerprint density at radius 2 is 1.57 bits per heavy atom. The molecule has 1 aliphatic carbocycles. The summed E-state index contributed by atoms with van der Waals surface area (Å²) in [5.41, 5.74) is 1.98. The first-order valence-electron chi connectivity index (χ1n) is 19.0. The summed E-state index contributed by atoms with van der Waals surface area (Å²) in [6.07, 6.45) is 3.91. The van der Waals surface area contributed by atoms with Crippen molar-refractivity contribution in [1.29, 1.82) is 0 Å². The van der Waals surface area contributed by atoms with Gasteiger partial charge < -0.3 is 43.9 Å². The molecular formula is C42H48N4O10. The largest absolute Gasteiger partial charge is 0.493 e. The summed E-state index contributed by atoms with van der Waals surface area (Å²) in [6.45, 7) is 6.68. The fourth-order valence-electron chi connectivity index (χ4n) is 7.75. The number of ether oxygens (including phenoxy) is 5. The first kappa shape index (κ1) is 38.5. The number of rotatable bonds is 14. The van der Waals surface area contributed by atoms with Gasteiger partial charge in [-0.3, -0.25) is 14.4 Å². The van der Waals surface area contributed by atoms with Crippen LogP contribution in [0.2, 0.25) is 0 Å². The number of aliphatic hydroxyl groups excluding tert-OH is 1. The van der Waals surface area contributed by atoms with Crippen LogP contribution in [-0.2, 0) is 16.1 Å². The van der Waals surface area contributed by atoms with Crippen molar-refractivity contribution in [2.45, 2.75) is 70.3 Å². The van der Waals surface area contributed by atoms with Gasteiger partial charge in [-0.05, 0) is 68.6 Å². The number of methoxy groups -OCH3 is 2. The number of hydrogen-bond donors (Lipinski definition) is 2. The average molecular weight is 769 g/mol. The molecule has 3 aromatic rings. The van der Waals surface area contributed by atoms with Crippen molar-refractivity contribution in [1.82, 2.24) is 9.80 Å². The van der Waals surface area contributed by atoms with E-state index in [0.29, 0.717) is 66.7 Å². The Labute approximate surface area is 325 Å². The van der Waals surface area contributed by atoms with Crippen LogP contribution >= 0.6 is 0 Å². The Morgan fingerprint density at radius 1 is 0.911 bits per heavy atom. The van der Waals surface area contributed by atoms with Gasteiger partial charge in [0.25, 0.3) is 11.8 Å². The van der Waals surface area contributed by atoms with E-state index in [2.05, 4.69) is 11.9 Å². The second kappa shape index (κ2) is 16.1. The normalized spacial score (nSPS) is 20.6. The van der Waals surface area contributed by atoms with Gasteiger partial charge in [0.05, 0.1) is 56.0 Å². The maximum atomic E-state index is 13.9. The lowest BCUT2D eigenvalue weighted by atomic mass is 10.0. The highest BCUT2D eigenvalue weighted by Gasteiger charge is 2.58. The van der Waals surface area contributed by atoms with Crippen molar-refractivity contribution < 1.29 is 48.0 Å². The molecule has 0 bridgehead atoms. The first-order chi connectivity index (χ1) is 27.1. The highest BCUT2D eigenvalue weighted by molar-refractivity contribution is 6.10. The van der Waals surface area contributed by atoms with Gasteiger partial charge in [0.15, 0.2) is 29.2 Å². The van der Waals surface area contributed by atoms with Gasteiger partial charge in [0.2, 0.25) is 5.91 Å². The second-order valence-electron chi connectivity index (χ2n) is 14.8. The van der Waals surface area contributed by atoms with Crippen molar-refractivity contribution in [3.63, 3.8) is 0 Å². The molecule has 0 aromatic heterocycles. The smallest absolute Gasteiger partial charge is 0.416 e. The number of aliphatic hydroxyl groups is 1. The zero-order valence-electron chi connectivity index (χ0n) is 32.0. The molecule has 4 amide bonds. The molecule has 56 heavy (non-hydrogen) atoms. The van der Waals surface area contributed by atoms with Crippen LogP contribution in [0.25, 0.3) is 0 Å². The van der Waals surface area contributed by atoms with E-state index < -0.39 is 24.4 Å². The number of unbranched alkanes of at least 4 members (excludes halogenated alkanes) is 2. The zero-order valence-corrected chi connectivity index (χ0v) is 32.0. The fourth-order valence-corrected chi connectivity index (χ4v) is 7.75. The quantitative estimate of drug-likeness (QED) is 0.153. The highest BCUT2D eigenvalue weighted by Crippen LogP contribution is 2.57. The molecule has 1 saturated heterocycles. The Morgan fingerprint density at radius 3 is 2.21 bits per heavy atom. The summed E-state index contributed by atoms with van der Waals surface area (Å²) >= 11 is 0. The van der Waals surface area contributed by atoms with E-state index in [4.69, 9.17) is 23.7 Å². The van der Waals surface area contributed by atoms with Crippen molar-refractivity contribution in [2.75, 3.05) is 50.8 Å². The highest BCUT2D eigenvalue weighted by atomic mass is 16.6. The predicted octanol–water partition coefficient (Wildman–Crippen LogP) is 5.77. The monoisotopic (exact) mass is 768 g/mol. The molecule has 2 N–H and O–H groups in total. The zero-order chi connectivity index (χ0) is 39.6. The van der Waals surface area contributed by atoms with E-state index in [1.165, 1.54) is 20.3 Å². The molecule has 3 atom stereocenters. The van der Waals surface area contributed by atoms with E-state index in [-0.39, 0.29) is 54.1 Å². The molecule has 3 aliphatic heterocycles. The van der Waals surface area contributed by atoms with Gasteiger partial charge in [-0.25, -0.2) is 9.69 Å². The van der Waals surface area contributed by atoms with E-state index >= 15 is 0 Å². The van der Waals surface area contributed by atoms with Crippen molar-refractivity contribution in [3.05, 3.63) is 83.9 Å². The van der Waals surface area contributed by atoms with Crippen LogP contribution in [0, 0.1) is 5.41 Å². The third-order valence-corrected chi connectivity index (χ3v) is 11.1. The van der Waals surface area contributed by atoms with Crippen molar-refractivity contribution in [2.24, 2.45) is 5.41 Å². The Hall–Kier alpha value is -5.76. The van der Waals surface area contributed by atoms with Crippen LogP contribution in [0.4, 0.5) is 16.2 Å². The number of fused-ring (bicyclic) bond motifs is 3. The Kier molecular flexibility index (Phi) is 11.1. The van der Waals surface area contributed by atoms with Crippen molar-refractivity contribution >= 4 is 35.2 Å². The fraction of sp³-hybridized carbons (Fsp3) is 0.429. The maximum Gasteiger partial charge on any atom is 0.416 e. The molecule has 1 saturated carbocycles. The van der Waals surface area contributed by atoms with E-state index in [1.54, 1.807) is 41.0 Å². The lowest BCUT2D eigenvalue weighted by Gasteiger charge is -2.31. The van der Waals surface area contributed by atoms with E-state index in [9.17, 15) is 24.3 Å². The number of hydrogen-bond acceptors (Lipinski definition) is 10. The number of amides is 4. The Balaban J connectivity index is 0.985. The van der Waals surface area contributed by atoms with Gasteiger partial charge in [0.1, 0.15) is 12.6 Å². The number of carbonyl (C=O) groups excluding carboxylic acids is 4. The molecule has 1 spiro atoms. The minimum absolute atomic E-state index is 0.0119. The van der Waals surface area contributed by atoms with E-state index in [1.807, 2.05) is 30.3 Å². The van der Waals surface area contributed by atoms with Gasteiger partial charge in [-0.15, -0.1) is 0 Å². The molecule has 14 heteroatoms. The van der Waals surface area contributed by atoms with Crippen LogP contribution < -0.4 is 29.2 Å². The van der Waals surface area contributed by atoms with Crippen LogP contribution in [0.3, 0.4) is 0 Å². The molecule has 7 rings (SSSR count). The summed E-state index contributed by atoms with van der Waals surface area (Å²) in [7, 11) is 2.98. The summed E-state index contributed by atoms with van der Waals surface area (Å²) in [4.78, 5) is 58.5. The molecule has 1 unspecified atom stereocenters. The second-order valence-corrected chi connectivity index (χ2v) is 14.8. The number of nitrogens with one attached hydrogen (secondary N) is 1. The minimum atomic E-state index is -1.31. The molecular weight excluding hydrogens is 720 g/mol. The predicted molar refractivity (Wildman–Crippen MR) is 206 cm³/mol. The van der Waals surface area contributed by atoms with Crippen LogP contribution in [0.5, 0.6) is 23.0 Å². The molecule has 14 nitrogen and oxygen atoms in total. The number of benzene rings is 3. The maximum absolute atomic E-state index is 13.9. The van der Waals surface area contributed by atoms with Crippen molar-refractivity contribution in [3.8, 4) is 23.0 Å². The number of carbonyl (C=O) groups is 4. The molecule has 2 fully saturated rings. The lowest BCUT2D eigenvalue weighted by Crippen LogP contribution is -2.50. The van der Waals surface area contributed by atoms with Crippen LogP contribution in [0.1, 0.15) is 71.7 Å². The third kappa shape index (κ3) is 7.57. The summed E-state index contributed by atoms with van der Waals surface area (Å²) in [5, 5.41) is 14.5. The third-order valence-electron chi connectivity index (χ3n) is 11.1. The first-order valence-corrected chi connectivity index (χ1v) is 19.0. The van der Waals surface area contributed by atoms with Gasteiger partial charge in [0, 0.05) is 25.2 Å². The minimum Gasteiger partial charge on any atom is -0.493 e. The molecule has 296 valence electrons. The SMILES string of the molecule is C=CCOC(=O)N1c2cc(OCCCCCOc3cc4c(cc3OC)C(=O)N(Cc3ccccc3)[C@@H](C)C(=O)N4)c(OC)cc2C(=O)N2CC3(CC3)C[C@H]2C1O. The summed E-state index contributed by atoms with van der Waals surface area (Å²) < 4.78 is 28.8. The lowest BCUT2D eigenvalue weighted by molar-refractivity contribution is -0.120. The molecule has 4 aliphatic rings. The standard InChI is InChI=1S/C42H48N4O10/c1-5-16-56-41(51)46-31-22-36(34(53-4)20-29(31)39(49)45-25-42(14-15-42)23-32(45)40(46)50)55-18-11-7-10-17-54-35-21-30-28(19-33(35)52-3)38(48)44(26(2)37(47)43-30)24-27-12-8-6-9-13-27/h5-6,8-9,12-13,19-22,26,32,40,50H,1,7,10-11,14-18,23-25H2,2-4H3,(H,43,47)/t26-,32-,40?/m0/s1. The summed E-state index contributed by atoms with van der Waals surface area (Å²) in [6, 6.07) is 14.6. The van der Waals surface area contributed by atoms with Crippen LogP contribution in [-0.4, -0.2) is 97.6 Å².